The molecule has 16 heavy (non-hydrogen) atoms. The Kier molecular flexibility index (Phi) is 3.82. The van der Waals surface area contributed by atoms with E-state index in [9.17, 15) is 9.90 Å². The first-order valence-corrected chi connectivity index (χ1v) is 6.44. The van der Waals surface area contributed by atoms with Gasteiger partial charge < -0.3 is 10.0 Å². The number of hydrogen-bond donors (Lipinski definition) is 2. The molecule has 0 bridgehead atoms. The summed E-state index contributed by atoms with van der Waals surface area (Å²) in [6.07, 6.45) is 5.42. The van der Waals surface area contributed by atoms with Crippen LogP contribution >= 0.6 is 0 Å². The Morgan fingerprint density at radius 2 is 2.06 bits per heavy atom. The van der Waals surface area contributed by atoms with Gasteiger partial charge in [0.05, 0.1) is 18.8 Å². The second kappa shape index (κ2) is 5.15. The minimum absolute atomic E-state index is 0.0387. The van der Waals surface area contributed by atoms with Crippen LogP contribution in [0.2, 0.25) is 0 Å². The van der Waals surface area contributed by atoms with Gasteiger partial charge in [-0.2, -0.15) is 0 Å². The molecule has 4 heteroatoms. The van der Waals surface area contributed by atoms with Gasteiger partial charge >= 0.3 is 0 Å². The van der Waals surface area contributed by atoms with Crippen LogP contribution < -0.4 is 5.32 Å². The fourth-order valence-corrected chi connectivity index (χ4v) is 2.77. The monoisotopic (exact) mass is 226 g/mol. The van der Waals surface area contributed by atoms with E-state index < -0.39 is 0 Å². The molecule has 0 spiro atoms. The Labute approximate surface area is 97.0 Å². The van der Waals surface area contributed by atoms with Gasteiger partial charge in [0.1, 0.15) is 0 Å². The van der Waals surface area contributed by atoms with E-state index in [1.807, 2.05) is 4.90 Å². The van der Waals surface area contributed by atoms with E-state index in [-0.39, 0.29) is 18.1 Å². The summed E-state index contributed by atoms with van der Waals surface area (Å²) in [7, 11) is 0. The predicted octanol–water partition coefficient (Wildman–Crippen LogP) is 0.848. The summed E-state index contributed by atoms with van der Waals surface area (Å²) in [4.78, 5) is 14.1. The van der Waals surface area contributed by atoms with Crippen molar-refractivity contribution in [3.05, 3.63) is 0 Å². The fraction of sp³-hybridized carbons (Fsp3) is 0.917. The molecular weight excluding hydrogens is 204 g/mol. The van der Waals surface area contributed by atoms with E-state index in [4.69, 9.17) is 0 Å². The molecule has 1 amide bonds. The minimum atomic E-state index is -0.145. The topological polar surface area (TPSA) is 52.6 Å². The Balaban J connectivity index is 1.89. The molecule has 92 valence electrons. The minimum Gasteiger partial charge on any atom is -0.393 e. The zero-order valence-electron chi connectivity index (χ0n) is 9.98. The summed E-state index contributed by atoms with van der Waals surface area (Å²) in [5.41, 5.74) is 0. The third kappa shape index (κ3) is 2.38. The molecule has 0 radical (unpaired) electrons. The summed E-state index contributed by atoms with van der Waals surface area (Å²) in [5, 5.41) is 12.7. The first-order valence-electron chi connectivity index (χ1n) is 6.44. The van der Waals surface area contributed by atoms with Gasteiger partial charge in [-0.15, -0.1) is 0 Å². The highest BCUT2D eigenvalue weighted by molar-refractivity contribution is 5.84. The van der Waals surface area contributed by atoms with Crippen LogP contribution in [-0.4, -0.2) is 40.8 Å². The van der Waals surface area contributed by atoms with Gasteiger partial charge in [0, 0.05) is 6.04 Å². The predicted molar refractivity (Wildman–Crippen MR) is 61.8 cm³/mol. The second-order valence-corrected chi connectivity index (χ2v) is 4.97. The third-order valence-corrected chi connectivity index (χ3v) is 3.77. The summed E-state index contributed by atoms with van der Waals surface area (Å²) < 4.78 is 0. The number of carbonyl (C=O) groups is 1. The summed E-state index contributed by atoms with van der Waals surface area (Å²) in [5.74, 6) is 0.267. The molecule has 2 N–H and O–H groups in total. The van der Waals surface area contributed by atoms with Crippen molar-refractivity contribution >= 4 is 5.91 Å². The van der Waals surface area contributed by atoms with Crippen LogP contribution in [0.25, 0.3) is 0 Å². The molecule has 2 fully saturated rings. The van der Waals surface area contributed by atoms with Gasteiger partial charge in [0.2, 0.25) is 5.91 Å². The van der Waals surface area contributed by atoms with Gasteiger partial charge in [0.25, 0.3) is 0 Å². The first kappa shape index (κ1) is 11.9. The van der Waals surface area contributed by atoms with E-state index in [0.717, 1.165) is 38.5 Å². The van der Waals surface area contributed by atoms with E-state index in [2.05, 4.69) is 12.2 Å². The number of aliphatic hydroxyl groups excluding tert-OH is 1. The van der Waals surface area contributed by atoms with Crippen molar-refractivity contribution in [3.8, 4) is 0 Å². The van der Waals surface area contributed by atoms with Crippen molar-refractivity contribution in [2.45, 2.75) is 63.6 Å². The molecule has 2 rings (SSSR count). The number of hydrogen-bond acceptors (Lipinski definition) is 3. The first-order chi connectivity index (χ1) is 7.72. The summed E-state index contributed by atoms with van der Waals surface area (Å²) in [6.45, 7) is 2.80. The van der Waals surface area contributed by atoms with Crippen LogP contribution in [0.4, 0.5) is 0 Å². The van der Waals surface area contributed by atoms with Gasteiger partial charge in [-0.25, -0.2) is 0 Å². The molecule has 1 aliphatic heterocycles. The quantitative estimate of drug-likeness (QED) is 0.750. The number of amides is 1. The third-order valence-electron chi connectivity index (χ3n) is 3.77. The molecule has 1 heterocycles. The number of rotatable bonds is 3. The molecule has 0 aromatic heterocycles. The molecule has 1 saturated heterocycles. The van der Waals surface area contributed by atoms with E-state index >= 15 is 0 Å². The molecule has 1 unspecified atom stereocenters. The molecule has 4 nitrogen and oxygen atoms in total. The SMILES string of the molecule is CCCC1NCN(C2CCC(O)CC2)C1=O. The van der Waals surface area contributed by atoms with Crippen molar-refractivity contribution in [1.29, 1.82) is 0 Å². The number of nitrogens with zero attached hydrogens (tertiary/aromatic N) is 1. The Hall–Kier alpha value is -0.610. The maximum absolute atomic E-state index is 12.1. The highest BCUT2D eigenvalue weighted by Crippen LogP contribution is 2.25. The Morgan fingerprint density at radius 3 is 2.69 bits per heavy atom. The molecule has 2 aliphatic rings. The van der Waals surface area contributed by atoms with Crippen LogP contribution in [0.3, 0.4) is 0 Å². The molecule has 0 aromatic rings. The largest absolute Gasteiger partial charge is 0.393 e. The van der Waals surface area contributed by atoms with E-state index in [1.165, 1.54) is 0 Å². The zero-order chi connectivity index (χ0) is 11.5. The summed E-state index contributed by atoms with van der Waals surface area (Å²) >= 11 is 0. The van der Waals surface area contributed by atoms with Gasteiger partial charge in [-0.05, 0) is 32.1 Å². The number of nitrogens with one attached hydrogen (secondary N) is 1. The van der Waals surface area contributed by atoms with Crippen LogP contribution in [0.1, 0.15) is 45.4 Å². The van der Waals surface area contributed by atoms with Crippen molar-refractivity contribution in [2.75, 3.05) is 6.67 Å². The van der Waals surface area contributed by atoms with Gasteiger partial charge in [-0.1, -0.05) is 13.3 Å². The normalized spacial score (nSPS) is 35.8. The van der Waals surface area contributed by atoms with Crippen molar-refractivity contribution in [2.24, 2.45) is 0 Å². The maximum atomic E-state index is 12.1. The van der Waals surface area contributed by atoms with Gasteiger partial charge in [-0.3, -0.25) is 10.1 Å². The lowest BCUT2D eigenvalue weighted by Gasteiger charge is -2.32. The average Bonchev–Trinajstić information content (AvgIpc) is 2.63. The van der Waals surface area contributed by atoms with Crippen molar-refractivity contribution in [3.63, 3.8) is 0 Å². The molecule has 1 aliphatic carbocycles. The average molecular weight is 226 g/mol. The lowest BCUT2D eigenvalue weighted by Crippen LogP contribution is -2.41. The van der Waals surface area contributed by atoms with Crippen LogP contribution in [0.15, 0.2) is 0 Å². The number of aliphatic hydroxyl groups is 1. The Morgan fingerprint density at radius 1 is 1.38 bits per heavy atom. The van der Waals surface area contributed by atoms with Crippen LogP contribution in [-0.2, 0) is 4.79 Å². The lowest BCUT2D eigenvalue weighted by atomic mass is 9.92. The number of carbonyl (C=O) groups excluding carboxylic acids is 1. The Bertz CT molecular complexity index is 249. The van der Waals surface area contributed by atoms with Crippen LogP contribution in [0.5, 0.6) is 0 Å². The van der Waals surface area contributed by atoms with Crippen LogP contribution in [0, 0.1) is 0 Å². The molecule has 0 aromatic carbocycles. The smallest absolute Gasteiger partial charge is 0.241 e. The zero-order valence-corrected chi connectivity index (χ0v) is 9.98. The fourth-order valence-electron chi connectivity index (χ4n) is 2.77. The van der Waals surface area contributed by atoms with Crippen molar-refractivity contribution in [1.82, 2.24) is 10.2 Å². The molecular formula is C12H22N2O2. The highest BCUT2D eigenvalue weighted by Gasteiger charge is 2.36. The van der Waals surface area contributed by atoms with E-state index in [0.29, 0.717) is 12.7 Å². The lowest BCUT2D eigenvalue weighted by molar-refractivity contribution is -0.131. The van der Waals surface area contributed by atoms with Gasteiger partial charge in [0.15, 0.2) is 0 Å². The molecule has 1 saturated carbocycles. The summed E-state index contributed by atoms with van der Waals surface area (Å²) in [6, 6.07) is 0.391. The van der Waals surface area contributed by atoms with Crippen molar-refractivity contribution < 1.29 is 9.90 Å². The maximum Gasteiger partial charge on any atom is 0.241 e. The highest BCUT2D eigenvalue weighted by atomic mass is 16.3. The standard InChI is InChI=1S/C12H22N2O2/c1-2-3-11-12(16)14(8-13-11)9-4-6-10(15)7-5-9/h9-11,13,15H,2-8H2,1H3. The second-order valence-electron chi connectivity index (χ2n) is 4.97. The van der Waals surface area contributed by atoms with E-state index in [1.54, 1.807) is 0 Å². The molecule has 1 atom stereocenters.